The summed E-state index contributed by atoms with van der Waals surface area (Å²) >= 11 is 5.52. The highest BCUT2D eigenvalue weighted by atomic mass is 35.5. The van der Waals surface area contributed by atoms with Crippen molar-refractivity contribution < 1.29 is 14.3 Å². The van der Waals surface area contributed by atoms with Crippen LogP contribution in [0.1, 0.15) is 16.1 Å². The molecule has 0 radical (unpaired) electrons. The van der Waals surface area contributed by atoms with E-state index in [2.05, 4.69) is 11.9 Å². The van der Waals surface area contributed by atoms with Crippen LogP contribution in [-0.4, -0.2) is 17.6 Å². The van der Waals surface area contributed by atoms with Crippen LogP contribution < -0.4 is 5.32 Å². The van der Waals surface area contributed by atoms with E-state index in [1.807, 2.05) is 0 Å². The molecule has 0 amide bonds. The molecular formula is C9H10ClNO3. The van der Waals surface area contributed by atoms with Crippen molar-refractivity contribution in [2.45, 2.75) is 6.54 Å². The SMILES string of the molecule is C=C(Cl)CNCc1ccoc1C(=O)O. The van der Waals surface area contributed by atoms with Gasteiger partial charge in [-0.2, -0.15) is 0 Å². The van der Waals surface area contributed by atoms with Crippen molar-refractivity contribution in [3.8, 4) is 0 Å². The maximum Gasteiger partial charge on any atom is 0.372 e. The molecule has 1 aromatic rings. The zero-order valence-corrected chi connectivity index (χ0v) is 8.17. The molecule has 0 fully saturated rings. The molecule has 0 aromatic carbocycles. The minimum absolute atomic E-state index is 0.0438. The quantitative estimate of drug-likeness (QED) is 0.787. The molecule has 4 nitrogen and oxygen atoms in total. The fourth-order valence-electron chi connectivity index (χ4n) is 0.995. The van der Waals surface area contributed by atoms with Gasteiger partial charge in [0.2, 0.25) is 5.76 Å². The first-order valence-corrected chi connectivity index (χ1v) is 4.32. The molecule has 1 aromatic heterocycles. The van der Waals surface area contributed by atoms with Gasteiger partial charge in [0.05, 0.1) is 6.26 Å². The van der Waals surface area contributed by atoms with Crippen molar-refractivity contribution in [3.63, 3.8) is 0 Å². The summed E-state index contributed by atoms with van der Waals surface area (Å²) in [6.07, 6.45) is 1.34. The minimum Gasteiger partial charge on any atom is -0.475 e. The van der Waals surface area contributed by atoms with E-state index in [9.17, 15) is 4.79 Å². The lowest BCUT2D eigenvalue weighted by Gasteiger charge is -2.01. The highest BCUT2D eigenvalue weighted by Gasteiger charge is 2.12. The third kappa shape index (κ3) is 2.90. The number of carbonyl (C=O) groups is 1. The molecule has 0 saturated carbocycles. The molecule has 2 N–H and O–H groups in total. The summed E-state index contributed by atoms with van der Waals surface area (Å²) in [5.74, 6) is -1.12. The maximum atomic E-state index is 10.6. The lowest BCUT2D eigenvalue weighted by molar-refractivity contribution is 0.0660. The number of nitrogens with one attached hydrogen (secondary N) is 1. The van der Waals surface area contributed by atoms with Crippen molar-refractivity contribution in [2.75, 3.05) is 6.54 Å². The van der Waals surface area contributed by atoms with Gasteiger partial charge in [0.25, 0.3) is 0 Å². The van der Waals surface area contributed by atoms with Crippen molar-refractivity contribution in [1.82, 2.24) is 5.32 Å². The van der Waals surface area contributed by atoms with Crippen molar-refractivity contribution in [1.29, 1.82) is 0 Å². The zero-order chi connectivity index (χ0) is 10.6. The smallest absolute Gasteiger partial charge is 0.372 e. The maximum absolute atomic E-state index is 10.6. The second-order valence-corrected chi connectivity index (χ2v) is 3.24. The summed E-state index contributed by atoms with van der Waals surface area (Å²) in [6, 6.07) is 1.60. The van der Waals surface area contributed by atoms with Gasteiger partial charge in [0.15, 0.2) is 0 Å². The standard InChI is InChI=1S/C9H10ClNO3/c1-6(10)4-11-5-7-2-3-14-8(7)9(12)13/h2-3,11H,1,4-5H2,(H,12,13). The Kier molecular flexibility index (Phi) is 3.73. The Labute approximate surface area is 86.2 Å². The molecule has 1 rings (SSSR count). The average molecular weight is 216 g/mol. The first-order chi connectivity index (χ1) is 6.61. The molecular weight excluding hydrogens is 206 g/mol. The summed E-state index contributed by atoms with van der Waals surface area (Å²) in [5, 5.41) is 12.1. The van der Waals surface area contributed by atoms with E-state index in [1.165, 1.54) is 6.26 Å². The van der Waals surface area contributed by atoms with Crippen LogP contribution in [0.4, 0.5) is 0 Å². The summed E-state index contributed by atoms with van der Waals surface area (Å²) in [6.45, 7) is 4.32. The normalized spacial score (nSPS) is 10.1. The van der Waals surface area contributed by atoms with E-state index >= 15 is 0 Å². The lowest BCUT2D eigenvalue weighted by atomic mass is 10.2. The highest BCUT2D eigenvalue weighted by molar-refractivity contribution is 6.29. The van der Waals surface area contributed by atoms with Crippen LogP contribution in [0.5, 0.6) is 0 Å². The second kappa shape index (κ2) is 4.83. The highest BCUT2D eigenvalue weighted by Crippen LogP contribution is 2.10. The molecule has 0 atom stereocenters. The van der Waals surface area contributed by atoms with Gasteiger partial charge in [-0.1, -0.05) is 18.2 Å². The van der Waals surface area contributed by atoms with Crippen LogP contribution in [0.2, 0.25) is 0 Å². The van der Waals surface area contributed by atoms with E-state index in [0.717, 1.165) is 0 Å². The first kappa shape index (κ1) is 10.8. The third-order valence-electron chi connectivity index (χ3n) is 1.57. The van der Waals surface area contributed by atoms with Gasteiger partial charge in [0.1, 0.15) is 0 Å². The second-order valence-electron chi connectivity index (χ2n) is 2.70. The fraction of sp³-hybridized carbons (Fsp3) is 0.222. The number of carboxylic acids is 1. The number of rotatable bonds is 5. The Morgan fingerprint density at radius 2 is 2.43 bits per heavy atom. The molecule has 14 heavy (non-hydrogen) atoms. The molecule has 0 aliphatic rings. The zero-order valence-electron chi connectivity index (χ0n) is 7.42. The molecule has 76 valence electrons. The van der Waals surface area contributed by atoms with Crippen LogP contribution >= 0.6 is 11.6 Å². The predicted octanol–water partition coefficient (Wildman–Crippen LogP) is 1.82. The fourth-order valence-corrected chi connectivity index (χ4v) is 1.09. The topological polar surface area (TPSA) is 62.5 Å². The predicted molar refractivity (Wildman–Crippen MR) is 52.4 cm³/mol. The Balaban J connectivity index is 2.54. The van der Waals surface area contributed by atoms with Gasteiger partial charge >= 0.3 is 5.97 Å². The summed E-state index contributed by atoms with van der Waals surface area (Å²) in [7, 11) is 0. The first-order valence-electron chi connectivity index (χ1n) is 3.95. The molecule has 0 unspecified atom stereocenters. The molecule has 5 heteroatoms. The van der Waals surface area contributed by atoms with E-state index in [4.69, 9.17) is 21.1 Å². The molecule has 0 aliphatic carbocycles. The molecule has 0 saturated heterocycles. The molecule has 0 aliphatic heterocycles. The van der Waals surface area contributed by atoms with Crippen LogP contribution in [0.15, 0.2) is 28.4 Å². The largest absolute Gasteiger partial charge is 0.475 e. The number of aromatic carboxylic acids is 1. The van der Waals surface area contributed by atoms with Gasteiger partial charge in [0, 0.05) is 23.7 Å². The monoisotopic (exact) mass is 215 g/mol. The van der Waals surface area contributed by atoms with Gasteiger partial charge in [-0.05, 0) is 6.07 Å². The average Bonchev–Trinajstić information content (AvgIpc) is 2.51. The van der Waals surface area contributed by atoms with E-state index in [1.54, 1.807) is 6.07 Å². The van der Waals surface area contributed by atoms with Crippen LogP contribution in [0.3, 0.4) is 0 Å². The summed E-state index contributed by atoms with van der Waals surface area (Å²) in [5.41, 5.74) is 0.593. The van der Waals surface area contributed by atoms with Gasteiger partial charge in [-0.3, -0.25) is 0 Å². The van der Waals surface area contributed by atoms with E-state index in [0.29, 0.717) is 23.7 Å². The molecule has 0 spiro atoms. The van der Waals surface area contributed by atoms with Crippen LogP contribution in [-0.2, 0) is 6.54 Å². The Bertz CT molecular complexity index is 346. The molecule has 0 bridgehead atoms. The van der Waals surface area contributed by atoms with Gasteiger partial charge in [-0.15, -0.1) is 0 Å². The number of hydrogen-bond acceptors (Lipinski definition) is 3. The Hall–Kier alpha value is -1.26. The van der Waals surface area contributed by atoms with Crippen LogP contribution in [0.25, 0.3) is 0 Å². The van der Waals surface area contributed by atoms with Gasteiger partial charge in [-0.25, -0.2) is 4.79 Å². The third-order valence-corrected chi connectivity index (χ3v) is 1.71. The molecule has 1 heterocycles. The van der Waals surface area contributed by atoms with E-state index < -0.39 is 5.97 Å². The van der Waals surface area contributed by atoms with Crippen molar-refractivity contribution in [2.24, 2.45) is 0 Å². The van der Waals surface area contributed by atoms with Crippen molar-refractivity contribution in [3.05, 3.63) is 35.3 Å². The van der Waals surface area contributed by atoms with Crippen molar-refractivity contribution >= 4 is 17.6 Å². The summed E-state index contributed by atoms with van der Waals surface area (Å²) in [4.78, 5) is 10.6. The minimum atomic E-state index is -1.07. The summed E-state index contributed by atoms with van der Waals surface area (Å²) < 4.78 is 4.79. The van der Waals surface area contributed by atoms with Gasteiger partial charge < -0.3 is 14.8 Å². The Morgan fingerprint density at radius 3 is 3.00 bits per heavy atom. The number of furan rings is 1. The number of hydrogen-bond donors (Lipinski definition) is 2. The number of carboxylic acid groups (broad SMARTS) is 1. The Morgan fingerprint density at radius 1 is 1.71 bits per heavy atom. The van der Waals surface area contributed by atoms with Crippen LogP contribution in [0, 0.1) is 0 Å². The lowest BCUT2D eigenvalue weighted by Crippen LogP contribution is -2.15. The number of halogens is 1. The van der Waals surface area contributed by atoms with E-state index in [-0.39, 0.29) is 5.76 Å².